The number of aromatic nitrogens is 1. The summed E-state index contributed by atoms with van der Waals surface area (Å²) in [5, 5.41) is 1.07. The normalized spacial score (nSPS) is 16.6. The van der Waals surface area contributed by atoms with Crippen LogP contribution in [0.5, 0.6) is 0 Å². The smallest absolute Gasteiger partial charge is 0.311 e. The number of aryl methyl sites for hydroxylation is 1. The summed E-state index contributed by atoms with van der Waals surface area (Å²) in [6.07, 6.45) is 9.64. The molecule has 1 aliphatic rings. The largest absolute Gasteiger partial charge is 0.327 e. The monoisotopic (exact) mass is 406 g/mol. The molecular weight excluding hydrogens is 368 g/mol. The highest BCUT2D eigenvalue weighted by molar-refractivity contribution is 7.10. The van der Waals surface area contributed by atoms with Crippen molar-refractivity contribution < 1.29 is 4.79 Å². The number of carbonyl (C=O) groups excluding carboxylic acids is 1. The van der Waals surface area contributed by atoms with Gasteiger partial charge in [-0.25, -0.2) is 4.79 Å². The first-order chi connectivity index (χ1) is 13.5. The second kappa shape index (κ2) is 11.6. The van der Waals surface area contributed by atoms with Crippen LogP contribution in [0.25, 0.3) is 0 Å². The maximum Gasteiger partial charge on any atom is 0.327 e. The predicted octanol–water partition coefficient (Wildman–Crippen LogP) is 5.52. The molecule has 6 heteroatoms. The second-order valence-electron chi connectivity index (χ2n) is 7.94. The van der Waals surface area contributed by atoms with E-state index in [-0.39, 0.29) is 11.9 Å². The lowest BCUT2D eigenvalue weighted by atomic mass is 10.1. The molecule has 1 atom stereocenters. The second-order valence-corrected chi connectivity index (χ2v) is 8.70. The van der Waals surface area contributed by atoms with E-state index in [0.717, 1.165) is 50.1 Å². The Morgan fingerprint density at radius 2 is 1.89 bits per heavy atom. The van der Waals surface area contributed by atoms with E-state index in [1.54, 1.807) is 0 Å². The third-order valence-electron chi connectivity index (χ3n) is 5.31. The van der Waals surface area contributed by atoms with Gasteiger partial charge in [-0.1, -0.05) is 53.0 Å². The van der Waals surface area contributed by atoms with Gasteiger partial charge in [-0.05, 0) is 43.1 Å². The van der Waals surface area contributed by atoms with Crippen molar-refractivity contribution in [3.05, 3.63) is 23.9 Å². The third-order valence-corrected chi connectivity index (χ3v) is 6.26. The van der Waals surface area contributed by atoms with E-state index >= 15 is 0 Å². The molecule has 1 aromatic heterocycles. The highest BCUT2D eigenvalue weighted by Gasteiger charge is 2.34. The Bertz CT molecular complexity index is 630. The summed E-state index contributed by atoms with van der Waals surface area (Å²) >= 11 is 1.51. The molecule has 0 aromatic carbocycles. The topological polar surface area (TPSA) is 39.7 Å². The van der Waals surface area contributed by atoms with Crippen LogP contribution in [0.2, 0.25) is 0 Å². The third kappa shape index (κ3) is 5.80. The van der Waals surface area contributed by atoms with Crippen LogP contribution in [0.4, 0.5) is 9.80 Å². The summed E-state index contributed by atoms with van der Waals surface area (Å²) in [6, 6.07) is 0.115. The van der Waals surface area contributed by atoms with Crippen molar-refractivity contribution in [2.75, 3.05) is 31.3 Å². The lowest BCUT2D eigenvalue weighted by Gasteiger charge is -2.42. The lowest BCUT2D eigenvalue weighted by molar-refractivity contribution is 0.109. The highest BCUT2D eigenvalue weighted by Crippen LogP contribution is 2.33. The van der Waals surface area contributed by atoms with Crippen molar-refractivity contribution in [3.63, 3.8) is 0 Å². The van der Waals surface area contributed by atoms with E-state index in [0.29, 0.717) is 19.9 Å². The summed E-state index contributed by atoms with van der Waals surface area (Å²) in [7, 11) is 0. The van der Waals surface area contributed by atoms with Gasteiger partial charge in [0.05, 0.1) is 19.0 Å². The van der Waals surface area contributed by atoms with E-state index in [1.807, 2.05) is 15.9 Å². The van der Waals surface area contributed by atoms with Crippen LogP contribution in [0.1, 0.15) is 71.1 Å². The molecule has 5 nitrogen and oxygen atoms in total. The van der Waals surface area contributed by atoms with Gasteiger partial charge >= 0.3 is 6.03 Å². The van der Waals surface area contributed by atoms with Gasteiger partial charge in [0.1, 0.15) is 5.00 Å². The molecule has 2 rings (SSSR count). The van der Waals surface area contributed by atoms with Crippen LogP contribution < -0.4 is 4.90 Å². The number of anilines is 1. The SMILES string of the molecule is C=CC(C)CN1CN(CCCC)CN(c2snc(CCCC)c2CCC)C1=O. The van der Waals surface area contributed by atoms with Gasteiger partial charge in [0.2, 0.25) is 0 Å². The summed E-state index contributed by atoms with van der Waals surface area (Å²) < 4.78 is 4.77. The van der Waals surface area contributed by atoms with Crippen LogP contribution in [-0.4, -0.2) is 46.6 Å². The van der Waals surface area contributed by atoms with Crippen molar-refractivity contribution in [3.8, 4) is 0 Å². The molecule has 0 saturated carbocycles. The average molecular weight is 407 g/mol. The first kappa shape index (κ1) is 22.9. The van der Waals surface area contributed by atoms with E-state index in [4.69, 9.17) is 4.37 Å². The van der Waals surface area contributed by atoms with E-state index in [9.17, 15) is 4.79 Å². The number of unbranched alkanes of at least 4 members (excludes halogenated alkanes) is 2. The van der Waals surface area contributed by atoms with Gasteiger partial charge in [0, 0.05) is 18.7 Å². The van der Waals surface area contributed by atoms with Gasteiger partial charge in [0.25, 0.3) is 0 Å². The van der Waals surface area contributed by atoms with Gasteiger partial charge in [0.15, 0.2) is 0 Å². The number of hydrogen-bond donors (Lipinski definition) is 0. The molecule has 28 heavy (non-hydrogen) atoms. The van der Waals surface area contributed by atoms with Crippen LogP contribution >= 0.6 is 11.5 Å². The molecule has 0 aliphatic carbocycles. The quantitative estimate of drug-likeness (QED) is 0.429. The molecule has 2 amide bonds. The van der Waals surface area contributed by atoms with Crippen molar-refractivity contribution in [1.29, 1.82) is 0 Å². The molecule has 1 unspecified atom stereocenters. The number of hydrogen-bond acceptors (Lipinski definition) is 4. The van der Waals surface area contributed by atoms with Crippen LogP contribution in [0.3, 0.4) is 0 Å². The molecule has 1 aliphatic heterocycles. The first-order valence-corrected chi connectivity index (χ1v) is 11.7. The number of amides is 2. The molecule has 2 heterocycles. The van der Waals surface area contributed by atoms with E-state index in [1.165, 1.54) is 29.2 Å². The van der Waals surface area contributed by atoms with Crippen molar-refractivity contribution in [2.24, 2.45) is 5.92 Å². The molecule has 158 valence electrons. The number of carbonyl (C=O) groups is 1. The number of rotatable bonds is 12. The fourth-order valence-corrected chi connectivity index (χ4v) is 4.56. The summed E-state index contributed by atoms with van der Waals surface area (Å²) in [4.78, 5) is 19.7. The van der Waals surface area contributed by atoms with Crippen LogP contribution in [-0.2, 0) is 12.8 Å². The van der Waals surface area contributed by atoms with E-state index < -0.39 is 0 Å². The summed E-state index contributed by atoms with van der Waals surface area (Å²) in [6.45, 7) is 15.8. The molecule has 0 bridgehead atoms. The molecule has 1 fully saturated rings. The first-order valence-electron chi connectivity index (χ1n) is 10.9. The Labute approximate surface area is 175 Å². The molecule has 1 aromatic rings. The molecule has 1 saturated heterocycles. The van der Waals surface area contributed by atoms with Crippen LogP contribution in [0, 0.1) is 5.92 Å². The van der Waals surface area contributed by atoms with Gasteiger partial charge < -0.3 is 4.90 Å². The number of nitrogens with zero attached hydrogens (tertiary/aromatic N) is 4. The van der Waals surface area contributed by atoms with Crippen molar-refractivity contribution >= 4 is 22.6 Å². The standard InChI is InChI=1S/C22H38N4OS/c1-6-10-13-20-19(12-8-3)21(28-23-20)26-17-24(14-11-7-2)16-25(22(26)27)15-18(5)9-4/h9,18H,4,6-8,10-17H2,1-3,5H3. The molecular formula is C22H38N4OS. The average Bonchev–Trinajstić information content (AvgIpc) is 3.09. The Morgan fingerprint density at radius 3 is 2.54 bits per heavy atom. The summed E-state index contributed by atoms with van der Waals surface area (Å²) in [5.41, 5.74) is 2.50. The number of urea groups is 1. The zero-order valence-corrected chi connectivity index (χ0v) is 19.1. The lowest BCUT2D eigenvalue weighted by Crippen LogP contribution is -2.59. The van der Waals surface area contributed by atoms with Gasteiger partial charge in [-0.15, -0.1) is 6.58 Å². The Balaban J connectivity index is 2.30. The fraction of sp³-hybridized carbons (Fsp3) is 0.727. The predicted molar refractivity (Wildman–Crippen MR) is 120 cm³/mol. The summed E-state index contributed by atoms with van der Waals surface area (Å²) in [5.74, 6) is 0.286. The molecule has 0 radical (unpaired) electrons. The maximum absolute atomic E-state index is 13.3. The van der Waals surface area contributed by atoms with Crippen molar-refractivity contribution in [2.45, 2.75) is 72.6 Å². The minimum atomic E-state index is 0.115. The zero-order chi connectivity index (χ0) is 20.5. The Hall–Kier alpha value is -1.40. The van der Waals surface area contributed by atoms with Gasteiger partial charge in [-0.2, -0.15) is 4.37 Å². The zero-order valence-electron chi connectivity index (χ0n) is 18.2. The fourth-order valence-electron chi connectivity index (χ4n) is 3.60. The highest BCUT2D eigenvalue weighted by atomic mass is 32.1. The molecule has 0 spiro atoms. The minimum absolute atomic E-state index is 0.115. The molecule has 0 N–H and O–H groups in total. The Morgan fingerprint density at radius 1 is 1.14 bits per heavy atom. The van der Waals surface area contributed by atoms with Crippen molar-refractivity contribution in [1.82, 2.24) is 14.2 Å². The van der Waals surface area contributed by atoms with Crippen LogP contribution in [0.15, 0.2) is 12.7 Å². The minimum Gasteiger partial charge on any atom is -0.311 e. The van der Waals surface area contributed by atoms with Gasteiger partial charge in [-0.3, -0.25) is 9.80 Å². The Kier molecular flexibility index (Phi) is 9.45. The maximum atomic E-state index is 13.3. The van der Waals surface area contributed by atoms with E-state index in [2.05, 4.69) is 39.2 Å².